The van der Waals surface area contributed by atoms with Gasteiger partial charge in [-0.25, -0.2) is 4.79 Å². The summed E-state index contributed by atoms with van der Waals surface area (Å²) in [7, 11) is 0. The van der Waals surface area contributed by atoms with Gasteiger partial charge in [-0.1, -0.05) is 55.5 Å². The summed E-state index contributed by atoms with van der Waals surface area (Å²) in [6.45, 7) is 3.55. The Morgan fingerprint density at radius 2 is 1.91 bits per heavy atom. The van der Waals surface area contributed by atoms with Gasteiger partial charge >= 0.3 is 10.9 Å². The summed E-state index contributed by atoms with van der Waals surface area (Å²) in [6.07, 6.45) is 0. The van der Waals surface area contributed by atoms with Gasteiger partial charge < -0.3 is 9.15 Å². The third-order valence-electron chi connectivity index (χ3n) is 3.18. The lowest BCUT2D eigenvalue weighted by Crippen LogP contribution is -2.14. The second kappa shape index (κ2) is 5.77. The fourth-order valence-corrected chi connectivity index (χ4v) is 2.80. The Labute approximate surface area is 131 Å². The summed E-state index contributed by atoms with van der Waals surface area (Å²) in [5, 5.41) is 0. The normalized spacial score (nSPS) is 11.0. The highest BCUT2D eigenvalue weighted by molar-refractivity contribution is 7.16. The van der Waals surface area contributed by atoms with E-state index in [2.05, 4.69) is 0 Å². The number of carbonyl (C=O) groups is 1. The van der Waals surface area contributed by atoms with Crippen LogP contribution < -0.4 is 9.68 Å². The van der Waals surface area contributed by atoms with Crippen LogP contribution in [0.2, 0.25) is 0 Å². The maximum absolute atomic E-state index is 11.8. The van der Waals surface area contributed by atoms with Crippen LogP contribution >= 0.6 is 11.3 Å². The van der Waals surface area contributed by atoms with Crippen LogP contribution in [-0.2, 0) is 4.79 Å². The van der Waals surface area contributed by atoms with E-state index in [9.17, 15) is 9.59 Å². The molecule has 5 heteroatoms. The third kappa shape index (κ3) is 2.80. The van der Waals surface area contributed by atoms with Crippen molar-refractivity contribution in [3.63, 3.8) is 0 Å². The predicted octanol–water partition coefficient (Wildman–Crippen LogP) is 4.08. The van der Waals surface area contributed by atoms with E-state index in [-0.39, 0.29) is 16.8 Å². The van der Waals surface area contributed by atoms with E-state index < -0.39 is 0 Å². The molecule has 1 heterocycles. The van der Waals surface area contributed by atoms with Gasteiger partial charge in [0.05, 0.1) is 10.6 Å². The van der Waals surface area contributed by atoms with Crippen molar-refractivity contribution in [1.82, 2.24) is 0 Å². The average Bonchev–Trinajstić information content (AvgIpc) is 2.87. The Morgan fingerprint density at radius 1 is 1.18 bits per heavy atom. The molecule has 22 heavy (non-hydrogen) atoms. The van der Waals surface area contributed by atoms with Crippen molar-refractivity contribution in [1.29, 1.82) is 0 Å². The van der Waals surface area contributed by atoms with Gasteiger partial charge in [-0.05, 0) is 11.6 Å². The van der Waals surface area contributed by atoms with Crippen LogP contribution in [0.1, 0.15) is 13.8 Å². The van der Waals surface area contributed by atoms with E-state index >= 15 is 0 Å². The Morgan fingerprint density at radius 3 is 2.59 bits per heavy atom. The molecule has 3 aromatic rings. The zero-order valence-electron chi connectivity index (χ0n) is 12.2. The lowest BCUT2D eigenvalue weighted by Gasteiger charge is -2.09. The molecule has 0 saturated heterocycles. The van der Waals surface area contributed by atoms with Crippen molar-refractivity contribution in [2.24, 2.45) is 5.92 Å². The molecule has 112 valence electrons. The van der Waals surface area contributed by atoms with Crippen LogP contribution in [0.25, 0.3) is 21.4 Å². The van der Waals surface area contributed by atoms with Crippen LogP contribution in [0.5, 0.6) is 5.75 Å². The molecule has 0 spiro atoms. The summed E-state index contributed by atoms with van der Waals surface area (Å²) in [5.74, 6) is -0.115. The summed E-state index contributed by atoms with van der Waals surface area (Å²) >= 11 is 0.997. The van der Waals surface area contributed by atoms with Gasteiger partial charge in [0.2, 0.25) is 0 Å². The van der Waals surface area contributed by atoms with Crippen molar-refractivity contribution in [2.75, 3.05) is 0 Å². The molecule has 0 aliphatic carbocycles. The maximum atomic E-state index is 11.8. The molecule has 0 saturated carbocycles. The monoisotopic (exact) mass is 314 g/mol. The van der Waals surface area contributed by atoms with Crippen LogP contribution in [0.3, 0.4) is 0 Å². The number of hydrogen-bond acceptors (Lipinski definition) is 5. The average molecular weight is 314 g/mol. The fourth-order valence-electron chi connectivity index (χ4n) is 2.08. The number of carbonyl (C=O) groups excluding carboxylic acids is 1. The number of esters is 1. The van der Waals surface area contributed by atoms with Gasteiger partial charge in [-0.3, -0.25) is 4.79 Å². The second-order valence-electron chi connectivity index (χ2n) is 5.19. The Kier molecular flexibility index (Phi) is 3.81. The first kappa shape index (κ1) is 14.5. The molecule has 1 aromatic heterocycles. The predicted molar refractivity (Wildman–Crippen MR) is 86.3 cm³/mol. The van der Waals surface area contributed by atoms with E-state index in [1.165, 1.54) is 0 Å². The van der Waals surface area contributed by atoms with E-state index in [4.69, 9.17) is 9.15 Å². The van der Waals surface area contributed by atoms with Crippen molar-refractivity contribution in [2.45, 2.75) is 13.8 Å². The molecule has 0 fully saturated rings. The van der Waals surface area contributed by atoms with Gasteiger partial charge in [0, 0.05) is 11.6 Å². The minimum atomic E-state index is -0.375. The molecule has 4 nitrogen and oxygen atoms in total. The van der Waals surface area contributed by atoms with Crippen molar-refractivity contribution < 1.29 is 13.9 Å². The lowest BCUT2D eigenvalue weighted by molar-refractivity contribution is -0.137. The van der Waals surface area contributed by atoms with Gasteiger partial charge in [0.15, 0.2) is 5.58 Å². The molecule has 0 bridgehead atoms. The standard InChI is InChI=1S/C17H14O4S/c1-10(2)16(18)20-12-8-13(11-6-4-3-5-7-11)15-14(9-12)22-17(19)21-15/h3-10H,1-2H3. The van der Waals surface area contributed by atoms with Crippen molar-refractivity contribution >= 4 is 27.6 Å². The first-order valence-electron chi connectivity index (χ1n) is 6.89. The fraction of sp³-hybridized carbons (Fsp3) is 0.176. The zero-order chi connectivity index (χ0) is 15.7. The summed E-state index contributed by atoms with van der Waals surface area (Å²) < 4.78 is 11.3. The topological polar surface area (TPSA) is 56.5 Å². The van der Waals surface area contributed by atoms with Crippen molar-refractivity contribution in [3.05, 3.63) is 52.2 Å². The molecular weight excluding hydrogens is 300 g/mol. The van der Waals surface area contributed by atoms with Crippen molar-refractivity contribution in [3.8, 4) is 16.9 Å². The summed E-state index contributed by atoms with van der Waals surface area (Å²) in [6, 6.07) is 12.9. The first-order chi connectivity index (χ1) is 10.5. The van der Waals surface area contributed by atoms with Gasteiger partial charge in [0.1, 0.15) is 5.75 Å². The van der Waals surface area contributed by atoms with Crippen LogP contribution in [0.4, 0.5) is 0 Å². The quantitative estimate of drug-likeness (QED) is 0.540. The van der Waals surface area contributed by atoms with Crippen LogP contribution in [0.15, 0.2) is 51.7 Å². The largest absolute Gasteiger partial charge is 0.426 e. The number of fused-ring (bicyclic) bond motifs is 1. The van der Waals surface area contributed by atoms with E-state index in [1.807, 2.05) is 30.3 Å². The van der Waals surface area contributed by atoms with Crippen LogP contribution in [0, 0.1) is 5.92 Å². The highest BCUT2D eigenvalue weighted by Crippen LogP contribution is 2.34. The van der Waals surface area contributed by atoms with E-state index in [0.29, 0.717) is 16.0 Å². The molecule has 0 amide bonds. The lowest BCUT2D eigenvalue weighted by atomic mass is 10.0. The maximum Gasteiger partial charge on any atom is 0.396 e. The molecule has 3 rings (SSSR count). The summed E-state index contributed by atoms with van der Waals surface area (Å²) in [4.78, 5) is 23.0. The second-order valence-corrected chi connectivity index (χ2v) is 6.17. The number of hydrogen-bond donors (Lipinski definition) is 0. The Balaban J connectivity index is 2.16. The minimum absolute atomic E-state index is 0.223. The van der Waals surface area contributed by atoms with Gasteiger partial charge in [-0.15, -0.1) is 0 Å². The molecule has 0 radical (unpaired) electrons. The molecule has 0 atom stereocenters. The van der Waals surface area contributed by atoms with Gasteiger partial charge in [-0.2, -0.15) is 0 Å². The Bertz CT molecular complexity index is 875. The molecule has 0 N–H and O–H groups in total. The SMILES string of the molecule is CC(C)C(=O)Oc1cc(-c2ccccc2)c2oc(=O)sc2c1. The molecule has 0 aliphatic rings. The molecule has 2 aromatic carbocycles. The zero-order valence-corrected chi connectivity index (χ0v) is 13.0. The smallest absolute Gasteiger partial charge is 0.396 e. The number of ether oxygens (including phenoxy) is 1. The minimum Gasteiger partial charge on any atom is -0.426 e. The van der Waals surface area contributed by atoms with E-state index in [0.717, 1.165) is 22.5 Å². The Hall–Kier alpha value is -2.40. The molecule has 0 aliphatic heterocycles. The van der Waals surface area contributed by atoms with E-state index in [1.54, 1.807) is 26.0 Å². The molecular formula is C17H14O4S. The molecule has 0 unspecified atom stereocenters. The third-order valence-corrected chi connectivity index (χ3v) is 3.95. The van der Waals surface area contributed by atoms with Gasteiger partial charge in [0.25, 0.3) is 0 Å². The first-order valence-corrected chi connectivity index (χ1v) is 7.71. The number of rotatable bonds is 3. The summed E-state index contributed by atoms with van der Waals surface area (Å²) in [5.41, 5.74) is 2.16. The highest BCUT2D eigenvalue weighted by atomic mass is 32.1. The number of benzene rings is 2. The van der Waals surface area contributed by atoms with Crippen LogP contribution in [-0.4, -0.2) is 5.97 Å². The highest BCUT2D eigenvalue weighted by Gasteiger charge is 2.16.